The maximum absolute atomic E-state index is 14.0. The summed E-state index contributed by atoms with van der Waals surface area (Å²) < 4.78 is 87.4. The third-order valence-electron chi connectivity index (χ3n) is 7.37. The Morgan fingerprint density at radius 2 is 1.74 bits per heavy atom. The van der Waals surface area contributed by atoms with Gasteiger partial charge in [-0.25, -0.2) is 8.78 Å². The minimum atomic E-state index is -4.90. The number of aromatic hydroxyl groups is 1. The number of phenolic OH excluding ortho intramolecular Hbond substituents is 1. The van der Waals surface area contributed by atoms with E-state index in [1.54, 1.807) is 0 Å². The molecule has 2 N–H and O–H groups in total. The van der Waals surface area contributed by atoms with Crippen LogP contribution in [0.25, 0.3) is 11.5 Å². The van der Waals surface area contributed by atoms with Gasteiger partial charge in [0.25, 0.3) is 5.91 Å². The molecule has 0 atom stereocenters. The van der Waals surface area contributed by atoms with E-state index < -0.39 is 52.3 Å². The second kappa shape index (κ2) is 9.13. The van der Waals surface area contributed by atoms with Gasteiger partial charge in [-0.05, 0) is 56.1 Å². The summed E-state index contributed by atoms with van der Waals surface area (Å²) in [6.07, 6.45) is -1.06. The molecule has 2 heterocycles. The van der Waals surface area contributed by atoms with Gasteiger partial charge in [0.15, 0.2) is 17.4 Å². The number of nitrogens with zero attached hydrogens (tertiary/aromatic N) is 4. The van der Waals surface area contributed by atoms with Crippen LogP contribution in [0, 0.1) is 22.9 Å². The van der Waals surface area contributed by atoms with Crippen LogP contribution < -0.4 is 10.1 Å². The molecule has 3 aliphatic rings. The van der Waals surface area contributed by atoms with Gasteiger partial charge in [-0.2, -0.15) is 9.37 Å². The highest BCUT2D eigenvalue weighted by Gasteiger charge is 2.52. The van der Waals surface area contributed by atoms with Crippen molar-refractivity contribution in [1.29, 1.82) is 0 Å². The van der Waals surface area contributed by atoms with Gasteiger partial charge in [0.05, 0.1) is 5.56 Å². The van der Waals surface area contributed by atoms with Crippen molar-refractivity contribution in [3.8, 4) is 23.1 Å². The number of nitrogens with one attached hydrogen (secondary N) is 1. The number of hydrogen-bond donors (Lipinski definition) is 2. The van der Waals surface area contributed by atoms with Crippen LogP contribution in [0.3, 0.4) is 0 Å². The lowest BCUT2D eigenvalue weighted by molar-refractivity contribution is -0.276. The highest BCUT2D eigenvalue weighted by atomic mass is 19.4. The zero-order chi connectivity index (χ0) is 27.3. The standard InChI is InChI=1S/C23H19F6N5O4/c24-12-9-11(15(25)16(26)17(12)35)19(36)30-10-21-3-6-22(7-4-21,8-5-21)20-31-18(34-38-20)13-1-2-14(33-32-13)37-23(27,28)29/h1-2,9,35H,3-8,10H2,(H,30,36). The average Bonchev–Trinajstić information content (AvgIpc) is 3.40. The molecule has 9 nitrogen and oxygen atoms in total. The van der Waals surface area contributed by atoms with Crippen LogP contribution >= 0.6 is 0 Å². The molecule has 0 spiro atoms. The molecule has 3 saturated carbocycles. The number of aromatic nitrogens is 4. The summed E-state index contributed by atoms with van der Waals surface area (Å²) in [5.41, 5.74) is -1.48. The zero-order valence-corrected chi connectivity index (χ0v) is 19.4. The first-order valence-electron chi connectivity index (χ1n) is 11.5. The largest absolute Gasteiger partial charge is 0.574 e. The van der Waals surface area contributed by atoms with E-state index in [2.05, 4.69) is 30.4 Å². The van der Waals surface area contributed by atoms with Gasteiger partial charge in [0.1, 0.15) is 5.69 Å². The number of alkyl halides is 3. The monoisotopic (exact) mass is 543 g/mol. The first-order chi connectivity index (χ1) is 17.9. The lowest BCUT2D eigenvalue weighted by Crippen LogP contribution is -2.49. The van der Waals surface area contributed by atoms with Crippen LogP contribution in [0.4, 0.5) is 26.3 Å². The Balaban J connectivity index is 1.23. The van der Waals surface area contributed by atoms with Crippen molar-refractivity contribution in [2.24, 2.45) is 5.41 Å². The van der Waals surface area contributed by atoms with E-state index in [1.807, 2.05) is 0 Å². The van der Waals surface area contributed by atoms with E-state index in [9.17, 15) is 31.1 Å². The normalized spacial score (nSPS) is 22.9. The maximum Gasteiger partial charge on any atom is 0.574 e. The third-order valence-corrected chi connectivity index (χ3v) is 7.37. The quantitative estimate of drug-likeness (QED) is 0.343. The van der Waals surface area contributed by atoms with Crippen LogP contribution in [0.1, 0.15) is 54.8 Å². The lowest BCUT2D eigenvalue weighted by Gasteiger charge is -2.51. The van der Waals surface area contributed by atoms with E-state index >= 15 is 0 Å². The Morgan fingerprint density at radius 3 is 2.34 bits per heavy atom. The molecule has 3 aromatic rings. The number of benzene rings is 1. The number of ether oxygens (including phenoxy) is 1. The summed E-state index contributed by atoms with van der Waals surface area (Å²) in [4.78, 5) is 16.8. The van der Waals surface area contributed by atoms with Crippen molar-refractivity contribution >= 4 is 5.91 Å². The Labute approximate surface area is 210 Å². The molecule has 0 radical (unpaired) electrons. The predicted octanol–water partition coefficient (Wildman–Crippen LogP) is 4.57. The van der Waals surface area contributed by atoms with Gasteiger partial charge < -0.3 is 19.7 Å². The molecule has 202 valence electrons. The average molecular weight is 543 g/mol. The van der Waals surface area contributed by atoms with Gasteiger partial charge >= 0.3 is 6.36 Å². The number of rotatable bonds is 6. The highest BCUT2D eigenvalue weighted by Crippen LogP contribution is 2.57. The van der Waals surface area contributed by atoms with Gasteiger partial charge in [0, 0.05) is 18.0 Å². The molecule has 0 unspecified atom stereocenters. The number of carbonyl (C=O) groups excluding carboxylic acids is 1. The van der Waals surface area contributed by atoms with Crippen LogP contribution in [0.2, 0.25) is 0 Å². The van der Waals surface area contributed by atoms with Gasteiger partial charge in [-0.1, -0.05) is 5.16 Å². The summed E-state index contributed by atoms with van der Waals surface area (Å²) in [5.74, 6) is -7.69. The Morgan fingerprint density at radius 1 is 1.05 bits per heavy atom. The molecule has 3 fully saturated rings. The molecule has 1 aromatic carbocycles. The highest BCUT2D eigenvalue weighted by molar-refractivity contribution is 5.94. The van der Waals surface area contributed by atoms with E-state index in [0.29, 0.717) is 50.5 Å². The van der Waals surface area contributed by atoms with Crippen molar-refractivity contribution in [3.63, 3.8) is 0 Å². The fourth-order valence-corrected chi connectivity index (χ4v) is 5.12. The molecule has 2 aromatic heterocycles. The number of phenols is 1. The minimum Gasteiger partial charge on any atom is -0.503 e. The number of halogens is 6. The fourth-order valence-electron chi connectivity index (χ4n) is 5.12. The SMILES string of the molecule is O=C(NCC12CCC(c3nc(-c4ccc(OC(F)(F)F)nn4)no3)(CC1)CC2)c1cc(F)c(O)c(F)c1F. The van der Waals surface area contributed by atoms with Crippen molar-refractivity contribution in [2.75, 3.05) is 6.54 Å². The van der Waals surface area contributed by atoms with Crippen LogP contribution in [0.15, 0.2) is 22.7 Å². The first-order valence-corrected chi connectivity index (χ1v) is 11.5. The van der Waals surface area contributed by atoms with Crippen LogP contribution in [-0.2, 0) is 5.41 Å². The molecule has 2 bridgehead atoms. The van der Waals surface area contributed by atoms with Gasteiger partial charge in [-0.15, -0.1) is 23.4 Å². The van der Waals surface area contributed by atoms with Gasteiger partial charge in [-0.3, -0.25) is 4.79 Å². The van der Waals surface area contributed by atoms with Crippen molar-refractivity contribution in [3.05, 3.63) is 47.1 Å². The molecule has 1 amide bonds. The van der Waals surface area contributed by atoms with Crippen molar-refractivity contribution < 1.29 is 45.5 Å². The lowest BCUT2D eigenvalue weighted by atomic mass is 9.53. The van der Waals surface area contributed by atoms with Gasteiger partial charge in [0.2, 0.25) is 23.4 Å². The topological polar surface area (TPSA) is 123 Å². The molecule has 6 rings (SSSR count). The molecular formula is C23H19F6N5O4. The summed E-state index contributed by atoms with van der Waals surface area (Å²) in [7, 11) is 0. The summed E-state index contributed by atoms with van der Waals surface area (Å²) in [5, 5.41) is 22.6. The van der Waals surface area contributed by atoms with Crippen LogP contribution in [-0.4, -0.2) is 44.3 Å². The Bertz CT molecular complexity index is 1350. The minimum absolute atomic E-state index is 0.0606. The summed E-state index contributed by atoms with van der Waals surface area (Å²) >= 11 is 0. The van der Waals surface area contributed by atoms with Crippen molar-refractivity contribution in [1.82, 2.24) is 25.7 Å². The smallest absolute Gasteiger partial charge is 0.503 e. The second-order valence-electron chi connectivity index (χ2n) is 9.57. The third kappa shape index (κ3) is 4.72. The Kier molecular flexibility index (Phi) is 6.18. The molecular weight excluding hydrogens is 524 g/mol. The van der Waals surface area contributed by atoms with Crippen molar-refractivity contribution in [2.45, 2.75) is 50.3 Å². The molecule has 0 saturated heterocycles. The summed E-state index contributed by atoms with van der Waals surface area (Å²) in [6, 6.07) is 2.66. The molecule has 15 heteroatoms. The Hall–Kier alpha value is -3.91. The first kappa shape index (κ1) is 25.7. The molecule has 0 aliphatic heterocycles. The van der Waals surface area contributed by atoms with E-state index in [0.717, 1.165) is 6.07 Å². The maximum atomic E-state index is 14.0. The summed E-state index contributed by atoms with van der Waals surface area (Å²) in [6.45, 7) is 0.155. The fraction of sp³-hybridized carbons (Fsp3) is 0.435. The second-order valence-corrected chi connectivity index (χ2v) is 9.57. The molecule has 38 heavy (non-hydrogen) atoms. The van der Waals surface area contributed by atoms with E-state index in [4.69, 9.17) is 9.63 Å². The van der Waals surface area contributed by atoms with E-state index in [-0.39, 0.29) is 23.5 Å². The number of hydrogen-bond acceptors (Lipinski definition) is 8. The zero-order valence-electron chi connectivity index (χ0n) is 19.4. The van der Waals surface area contributed by atoms with Crippen LogP contribution in [0.5, 0.6) is 11.6 Å². The number of fused-ring (bicyclic) bond motifs is 3. The van der Waals surface area contributed by atoms with E-state index in [1.165, 1.54) is 6.07 Å². The number of carbonyl (C=O) groups is 1. The molecule has 3 aliphatic carbocycles. The predicted molar refractivity (Wildman–Crippen MR) is 114 cm³/mol. The number of amides is 1.